The molecule has 2 amide bonds. The molecule has 31 heavy (non-hydrogen) atoms. The van der Waals surface area contributed by atoms with Gasteiger partial charge in [-0.05, 0) is 42.1 Å². The lowest BCUT2D eigenvalue weighted by Gasteiger charge is -2.16. The number of thiocarbonyl (C=S) groups is 1. The quantitative estimate of drug-likeness (QED) is 0.326. The molecule has 1 heterocycles. The second-order valence-electron chi connectivity index (χ2n) is 5.97. The lowest BCUT2D eigenvalue weighted by Crippen LogP contribution is -2.46. The second-order valence-corrected chi connectivity index (χ2v) is 8.87. The number of nitrogens with one attached hydrogen (secondary N) is 1. The molecule has 0 saturated carbocycles. The van der Waals surface area contributed by atoms with Gasteiger partial charge in [0.2, 0.25) is 0 Å². The summed E-state index contributed by atoms with van der Waals surface area (Å²) < 4.78 is 10.5. The van der Waals surface area contributed by atoms with E-state index >= 15 is 0 Å². The van der Waals surface area contributed by atoms with Crippen LogP contribution < -0.4 is 14.9 Å². The minimum atomic E-state index is -0.633. The molecule has 0 unspecified atom stereocenters. The molecule has 0 spiro atoms. The number of rotatable bonds is 6. The zero-order valence-corrected chi connectivity index (χ0v) is 19.5. The van der Waals surface area contributed by atoms with E-state index in [4.69, 9.17) is 56.5 Å². The van der Waals surface area contributed by atoms with Gasteiger partial charge in [-0.25, -0.2) is 0 Å². The number of hydrogen-bond donors (Lipinski definition) is 2. The molecule has 1 aliphatic heterocycles. The van der Waals surface area contributed by atoms with Gasteiger partial charge in [0.05, 0.1) is 27.1 Å². The molecule has 12 heteroatoms. The Balaban J connectivity index is 1.66. The Morgan fingerprint density at radius 1 is 1.19 bits per heavy atom. The number of hydrazine groups is 1. The summed E-state index contributed by atoms with van der Waals surface area (Å²) in [5, 5.41) is 11.3. The largest absolute Gasteiger partial charge is 0.504 e. The SMILES string of the molecule is COc1cc(C=C2SC(=S)N(NC(=O)COc3cc(Cl)c(Cl)cc3Cl)C2=O)ccc1O. The van der Waals surface area contributed by atoms with Gasteiger partial charge in [-0.2, -0.15) is 5.01 Å². The first-order valence-corrected chi connectivity index (χ1v) is 10.8. The third-order valence-electron chi connectivity index (χ3n) is 3.87. The molecule has 0 radical (unpaired) electrons. The number of nitrogens with zero attached hydrogens (tertiary/aromatic N) is 1. The first kappa shape index (κ1) is 23.5. The maximum absolute atomic E-state index is 12.6. The Kier molecular flexibility index (Phi) is 7.55. The predicted octanol–water partition coefficient (Wildman–Crippen LogP) is 4.67. The summed E-state index contributed by atoms with van der Waals surface area (Å²) in [7, 11) is 1.42. The number of phenols is 1. The van der Waals surface area contributed by atoms with Crippen LogP contribution in [0.2, 0.25) is 15.1 Å². The fourth-order valence-electron chi connectivity index (χ4n) is 2.41. The number of hydrogen-bond acceptors (Lipinski definition) is 7. The molecule has 1 aliphatic rings. The monoisotopic (exact) mass is 518 g/mol. The maximum atomic E-state index is 12.6. The average molecular weight is 520 g/mol. The fraction of sp³-hybridized carbons (Fsp3) is 0.105. The summed E-state index contributed by atoms with van der Waals surface area (Å²) in [4.78, 5) is 25.2. The Morgan fingerprint density at radius 3 is 2.61 bits per heavy atom. The highest BCUT2D eigenvalue weighted by Gasteiger charge is 2.33. The number of aromatic hydroxyl groups is 1. The van der Waals surface area contributed by atoms with E-state index in [1.165, 1.54) is 25.3 Å². The van der Waals surface area contributed by atoms with E-state index in [9.17, 15) is 14.7 Å². The molecule has 7 nitrogen and oxygen atoms in total. The summed E-state index contributed by atoms with van der Waals surface area (Å²) in [5.41, 5.74) is 3.00. The number of phenolic OH excluding ortho intramolecular Hbond substituents is 1. The van der Waals surface area contributed by atoms with Crippen molar-refractivity contribution in [1.82, 2.24) is 10.4 Å². The van der Waals surface area contributed by atoms with Crippen molar-refractivity contribution in [3.05, 3.63) is 55.9 Å². The molecule has 2 aromatic carbocycles. The van der Waals surface area contributed by atoms with Crippen molar-refractivity contribution in [3.8, 4) is 17.2 Å². The second kappa shape index (κ2) is 9.97. The van der Waals surface area contributed by atoms with Crippen LogP contribution in [0.15, 0.2) is 35.2 Å². The van der Waals surface area contributed by atoms with Gasteiger partial charge in [-0.3, -0.25) is 15.0 Å². The van der Waals surface area contributed by atoms with E-state index in [0.717, 1.165) is 16.8 Å². The molecule has 0 aliphatic carbocycles. The summed E-state index contributed by atoms with van der Waals surface area (Å²) in [5.74, 6) is -0.746. The predicted molar refractivity (Wildman–Crippen MR) is 125 cm³/mol. The van der Waals surface area contributed by atoms with Crippen molar-refractivity contribution < 1.29 is 24.2 Å². The standard InChI is InChI=1S/C19H13Cl3N2O5S2/c1-28-15-4-9(2-3-13(15)25)5-16-18(27)24(19(30)31-16)23-17(26)8-29-14-7-11(21)10(20)6-12(14)22/h2-7,25H,8H2,1H3,(H,23,26). The van der Waals surface area contributed by atoms with Crippen molar-refractivity contribution in [2.75, 3.05) is 13.7 Å². The van der Waals surface area contributed by atoms with Gasteiger partial charge in [0.25, 0.3) is 11.8 Å². The number of ether oxygens (including phenoxy) is 2. The van der Waals surface area contributed by atoms with E-state index in [0.29, 0.717) is 5.56 Å². The number of carbonyl (C=O) groups is 2. The summed E-state index contributed by atoms with van der Waals surface area (Å²) in [6.45, 7) is -0.442. The maximum Gasteiger partial charge on any atom is 0.285 e. The normalized spacial score (nSPS) is 14.8. The highest BCUT2D eigenvalue weighted by molar-refractivity contribution is 8.26. The van der Waals surface area contributed by atoms with Crippen molar-refractivity contribution in [1.29, 1.82) is 0 Å². The molecule has 2 aromatic rings. The lowest BCUT2D eigenvalue weighted by atomic mass is 10.2. The molecule has 0 aromatic heterocycles. The summed E-state index contributed by atoms with van der Waals surface area (Å²) in [6.07, 6.45) is 1.57. The number of methoxy groups -OCH3 is 1. The molecule has 0 bridgehead atoms. The molecular weight excluding hydrogens is 507 g/mol. The van der Waals surface area contributed by atoms with Crippen molar-refractivity contribution in [3.63, 3.8) is 0 Å². The van der Waals surface area contributed by atoms with Gasteiger partial charge < -0.3 is 14.6 Å². The first-order valence-electron chi connectivity index (χ1n) is 8.41. The Bertz CT molecular complexity index is 1110. The summed E-state index contributed by atoms with van der Waals surface area (Å²) in [6, 6.07) is 7.39. The minimum Gasteiger partial charge on any atom is -0.504 e. The van der Waals surface area contributed by atoms with Crippen LogP contribution in [-0.2, 0) is 9.59 Å². The van der Waals surface area contributed by atoms with Gasteiger partial charge in [-0.15, -0.1) is 0 Å². The van der Waals surface area contributed by atoms with Gasteiger partial charge in [-0.1, -0.05) is 52.6 Å². The third kappa shape index (κ3) is 5.55. The highest BCUT2D eigenvalue weighted by Crippen LogP contribution is 2.35. The zero-order chi connectivity index (χ0) is 22.7. The first-order chi connectivity index (χ1) is 14.7. The summed E-state index contributed by atoms with van der Waals surface area (Å²) >= 11 is 24.0. The molecule has 3 rings (SSSR count). The molecule has 2 N–H and O–H groups in total. The minimum absolute atomic E-state index is 0.0264. The smallest absolute Gasteiger partial charge is 0.285 e. The van der Waals surface area contributed by atoms with E-state index in [-0.39, 0.29) is 41.5 Å². The molecule has 162 valence electrons. The van der Waals surface area contributed by atoms with Crippen LogP contribution in [0.5, 0.6) is 17.2 Å². The van der Waals surface area contributed by atoms with E-state index in [1.807, 2.05) is 0 Å². The Morgan fingerprint density at radius 2 is 1.90 bits per heavy atom. The highest BCUT2D eigenvalue weighted by atomic mass is 35.5. The van der Waals surface area contributed by atoms with E-state index < -0.39 is 18.4 Å². The van der Waals surface area contributed by atoms with E-state index in [1.54, 1.807) is 18.2 Å². The number of benzene rings is 2. The number of amides is 2. The van der Waals surface area contributed by atoms with Crippen molar-refractivity contribution in [2.24, 2.45) is 0 Å². The van der Waals surface area contributed by atoms with Gasteiger partial charge in [0, 0.05) is 6.07 Å². The average Bonchev–Trinajstić information content (AvgIpc) is 2.98. The van der Waals surface area contributed by atoms with Crippen molar-refractivity contribution in [2.45, 2.75) is 0 Å². The fourth-order valence-corrected chi connectivity index (χ4v) is 4.19. The molecule has 1 saturated heterocycles. The number of carbonyl (C=O) groups excluding carboxylic acids is 2. The topological polar surface area (TPSA) is 88.1 Å². The van der Waals surface area contributed by atoms with Gasteiger partial charge in [0.15, 0.2) is 22.4 Å². The van der Waals surface area contributed by atoms with Crippen LogP contribution in [0.4, 0.5) is 0 Å². The Labute approximate surface area is 201 Å². The third-order valence-corrected chi connectivity index (χ3v) is 6.19. The van der Waals surface area contributed by atoms with Crippen LogP contribution in [0, 0.1) is 0 Å². The van der Waals surface area contributed by atoms with Crippen molar-refractivity contribution >= 4 is 81.0 Å². The van der Waals surface area contributed by atoms with Crippen LogP contribution >= 0.6 is 58.8 Å². The molecule has 0 atom stereocenters. The van der Waals surface area contributed by atoms with E-state index in [2.05, 4.69) is 5.43 Å². The molecule has 1 fully saturated rings. The Hall–Kier alpha value is -2.17. The van der Waals surface area contributed by atoms with Crippen LogP contribution in [0.3, 0.4) is 0 Å². The van der Waals surface area contributed by atoms with Crippen LogP contribution in [0.1, 0.15) is 5.56 Å². The van der Waals surface area contributed by atoms with Crippen LogP contribution in [0.25, 0.3) is 6.08 Å². The molecular formula is C19H13Cl3N2O5S2. The van der Waals surface area contributed by atoms with Crippen LogP contribution in [-0.4, -0.2) is 40.0 Å². The number of thioether (sulfide) groups is 1. The van der Waals surface area contributed by atoms with Gasteiger partial charge >= 0.3 is 0 Å². The zero-order valence-electron chi connectivity index (χ0n) is 15.6. The number of halogens is 3. The lowest BCUT2D eigenvalue weighted by molar-refractivity contribution is -0.134. The van der Waals surface area contributed by atoms with Gasteiger partial charge in [0.1, 0.15) is 5.75 Å².